The number of nitrogens with two attached hydrogens (primary N) is 1. The Balaban J connectivity index is 2.38. The molecule has 0 amide bonds. The average Bonchev–Trinajstić information content (AvgIpc) is 2.85. The van der Waals surface area contributed by atoms with Crippen molar-refractivity contribution in [3.63, 3.8) is 0 Å². The summed E-state index contributed by atoms with van der Waals surface area (Å²) in [7, 11) is -2.19. The minimum absolute atomic E-state index is 0.0623. The molecule has 0 saturated heterocycles. The van der Waals surface area contributed by atoms with E-state index in [0.717, 1.165) is 4.31 Å². The number of benzene rings is 1. The number of hydrogen-bond donors (Lipinski definition) is 3. The van der Waals surface area contributed by atoms with E-state index in [1.807, 2.05) is 0 Å². The number of nitrogens with zero attached hydrogens (tertiary/aromatic N) is 2. The summed E-state index contributed by atoms with van der Waals surface area (Å²) in [5, 5.41) is 13.6. The van der Waals surface area contributed by atoms with Crippen molar-refractivity contribution in [1.82, 2.24) is 10.2 Å². The number of aromatic nitrogens is 2. The summed E-state index contributed by atoms with van der Waals surface area (Å²) < 4.78 is 26.0. The van der Waals surface area contributed by atoms with E-state index in [1.54, 1.807) is 31.2 Å². The molecule has 0 spiro atoms. The van der Waals surface area contributed by atoms with Gasteiger partial charge in [0.05, 0.1) is 17.6 Å². The summed E-state index contributed by atoms with van der Waals surface area (Å²) in [6, 6.07) is 6.41. The molecule has 2 rings (SSSR count). The van der Waals surface area contributed by atoms with E-state index >= 15 is 0 Å². The lowest BCUT2D eigenvalue weighted by Gasteiger charge is -2.19. The van der Waals surface area contributed by atoms with Gasteiger partial charge in [-0.2, -0.15) is 5.10 Å². The number of amidine groups is 1. The first kappa shape index (κ1) is 14.1. The number of nitrogens with one attached hydrogen (secondary N) is 2. The molecule has 2 aromatic rings. The van der Waals surface area contributed by atoms with Gasteiger partial charge in [-0.1, -0.05) is 0 Å². The summed E-state index contributed by atoms with van der Waals surface area (Å²) in [5.74, 6) is -0.0623. The summed E-state index contributed by atoms with van der Waals surface area (Å²) in [4.78, 5) is 0.135. The molecule has 0 radical (unpaired) electrons. The van der Waals surface area contributed by atoms with Gasteiger partial charge in [-0.3, -0.25) is 14.8 Å². The molecule has 0 unspecified atom stereocenters. The molecule has 0 aliphatic rings. The first-order valence-electron chi connectivity index (χ1n) is 5.77. The largest absolute Gasteiger partial charge is 0.384 e. The highest BCUT2D eigenvalue weighted by Crippen LogP contribution is 2.23. The number of H-pyrrole nitrogens is 1. The van der Waals surface area contributed by atoms with Gasteiger partial charge in [0.15, 0.2) is 0 Å². The third kappa shape index (κ3) is 2.37. The smallest absolute Gasteiger partial charge is 0.267 e. The molecule has 0 saturated carbocycles. The normalized spacial score (nSPS) is 11.3. The number of anilines is 1. The van der Waals surface area contributed by atoms with Crippen molar-refractivity contribution in [3.8, 4) is 0 Å². The molecule has 0 fully saturated rings. The van der Waals surface area contributed by atoms with Gasteiger partial charge in [-0.05, 0) is 31.2 Å². The van der Waals surface area contributed by atoms with E-state index in [0.29, 0.717) is 16.9 Å². The van der Waals surface area contributed by atoms with Gasteiger partial charge < -0.3 is 5.73 Å². The maximum atomic E-state index is 12.4. The fraction of sp³-hybridized carbons (Fsp3) is 0.167. The lowest BCUT2D eigenvalue weighted by molar-refractivity contribution is 0.594. The van der Waals surface area contributed by atoms with Gasteiger partial charge in [0.1, 0.15) is 10.7 Å². The van der Waals surface area contributed by atoms with Crippen LogP contribution in [-0.2, 0) is 10.0 Å². The molecule has 0 aliphatic carbocycles. The van der Waals surface area contributed by atoms with Crippen LogP contribution in [0.5, 0.6) is 0 Å². The number of hydrogen-bond acceptors (Lipinski definition) is 4. The molecule has 1 heterocycles. The fourth-order valence-corrected chi connectivity index (χ4v) is 3.05. The number of aromatic amines is 1. The van der Waals surface area contributed by atoms with Crippen LogP contribution < -0.4 is 10.0 Å². The van der Waals surface area contributed by atoms with Crippen molar-refractivity contribution in [2.45, 2.75) is 11.8 Å². The van der Waals surface area contributed by atoms with Gasteiger partial charge >= 0.3 is 0 Å². The van der Waals surface area contributed by atoms with Crippen LogP contribution in [0, 0.1) is 12.3 Å². The van der Waals surface area contributed by atoms with Crippen molar-refractivity contribution in [3.05, 3.63) is 41.7 Å². The Kier molecular flexibility index (Phi) is 3.49. The monoisotopic (exact) mass is 293 g/mol. The molecular weight excluding hydrogens is 278 g/mol. The molecule has 0 aliphatic heterocycles. The second-order valence-corrected chi connectivity index (χ2v) is 6.23. The molecule has 1 aromatic carbocycles. The Hall–Kier alpha value is -2.35. The molecule has 106 valence electrons. The second-order valence-electron chi connectivity index (χ2n) is 4.29. The van der Waals surface area contributed by atoms with E-state index < -0.39 is 10.0 Å². The van der Waals surface area contributed by atoms with E-state index in [1.165, 1.54) is 13.2 Å². The van der Waals surface area contributed by atoms with Gasteiger partial charge in [0.2, 0.25) is 0 Å². The maximum absolute atomic E-state index is 12.4. The number of sulfonamides is 1. The van der Waals surface area contributed by atoms with Gasteiger partial charge in [-0.15, -0.1) is 0 Å². The zero-order chi connectivity index (χ0) is 14.9. The predicted octanol–water partition coefficient (Wildman–Crippen LogP) is 0.827. The quantitative estimate of drug-likeness (QED) is 0.571. The maximum Gasteiger partial charge on any atom is 0.267 e. The molecule has 0 bridgehead atoms. The van der Waals surface area contributed by atoms with Crippen molar-refractivity contribution < 1.29 is 8.42 Å². The zero-order valence-electron chi connectivity index (χ0n) is 11.1. The Morgan fingerprint density at radius 1 is 1.35 bits per heavy atom. The Morgan fingerprint density at radius 3 is 2.40 bits per heavy atom. The van der Waals surface area contributed by atoms with Gasteiger partial charge in [0, 0.05) is 12.6 Å². The van der Waals surface area contributed by atoms with Crippen LogP contribution in [0.3, 0.4) is 0 Å². The highest BCUT2D eigenvalue weighted by Gasteiger charge is 2.24. The van der Waals surface area contributed by atoms with E-state index in [2.05, 4.69) is 10.2 Å². The second kappa shape index (κ2) is 4.97. The summed E-state index contributed by atoms with van der Waals surface area (Å²) in [6.07, 6.45) is 1.28. The van der Waals surface area contributed by atoms with Crippen LogP contribution in [-0.4, -0.2) is 31.5 Å². The molecule has 7 nitrogen and oxygen atoms in total. The Morgan fingerprint density at radius 2 is 1.95 bits per heavy atom. The minimum atomic E-state index is -3.66. The third-order valence-electron chi connectivity index (χ3n) is 2.96. The van der Waals surface area contributed by atoms with Crippen molar-refractivity contribution in [1.29, 1.82) is 5.41 Å². The molecule has 20 heavy (non-hydrogen) atoms. The van der Waals surface area contributed by atoms with Gasteiger partial charge in [-0.25, -0.2) is 8.42 Å². The van der Waals surface area contributed by atoms with E-state index in [9.17, 15) is 8.42 Å². The topological polar surface area (TPSA) is 116 Å². The molecule has 0 atom stereocenters. The molecular formula is C12H15N5O2S. The van der Waals surface area contributed by atoms with E-state index in [4.69, 9.17) is 11.1 Å². The van der Waals surface area contributed by atoms with Crippen molar-refractivity contribution in [2.75, 3.05) is 11.4 Å². The van der Waals surface area contributed by atoms with Crippen LogP contribution in [0.15, 0.2) is 35.4 Å². The first-order chi connectivity index (χ1) is 9.34. The fourth-order valence-electron chi connectivity index (χ4n) is 1.74. The lowest BCUT2D eigenvalue weighted by Crippen LogP contribution is -2.26. The summed E-state index contributed by atoms with van der Waals surface area (Å²) in [5.41, 5.74) is 6.87. The average molecular weight is 293 g/mol. The Bertz CT molecular complexity index is 733. The van der Waals surface area contributed by atoms with Crippen LogP contribution in [0.1, 0.15) is 11.3 Å². The highest BCUT2D eigenvalue weighted by atomic mass is 32.2. The van der Waals surface area contributed by atoms with Crippen LogP contribution in [0.25, 0.3) is 0 Å². The number of aryl methyl sites for hydroxylation is 1. The number of rotatable bonds is 4. The van der Waals surface area contributed by atoms with Crippen molar-refractivity contribution >= 4 is 21.5 Å². The Labute approximate surface area is 117 Å². The summed E-state index contributed by atoms with van der Waals surface area (Å²) >= 11 is 0. The third-order valence-corrected chi connectivity index (χ3v) is 4.86. The minimum Gasteiger partial charge on any atom is -0.384 e. The van der Waals surface area contributed by atoms with Crippen molar-refractivity contribution in [2.24, 2.45) is 5.73 Å². The molecule has 4 N–H and O–H groups in total. The standard InChI is InChI=1S/C12H15N5O2S/c1-8-11(7-15-16-8)20(18,19)17(2)10-5-3-9(4-6-10)12(13)14/h3-7H,1-2H3,(H3,13,14)(H,15,16). The van der Waals surface area contributed by atoms with Crippen LogP contribution >= 0.6 is 0 Å². The zero-order valence-corrected chi connectivity index (χ0v) is 11.9. The van der Waals surface area contributed by atoms with Crippen LogP contribution in [0.4, 0.5) is 5.69 Å². The predicted molar refractivity (Wildman–Crippen MR) is 76.4 cm³/mol. The molecule has 1 aromatic heterocycles. The van der Waals surface area contributed by atoms with Gasteiger partial charge in [0.25, 0.3) is 10.0 Å². The SMILES string of the molecule is Cc1[nH]ncc1S(=O)(=O)N(C)c1ccc(C(=N)N)cc1. The summed E-state index contributed by atoms with van der Waals surface area (Å²) in [6.45, 7) is 1.65. The number of nitrogen functional groups attached to an aromatic ring is 1. The highest BCUT2D eigenvalue weighted by molar-refractivity contribution is 7.92. The van der Waals surface area contributed by atoms with Crippen LogP contribution in [0.2, 0.25) is 0 Å². The lowest BCUT2D eigenvalue weighted by atomic mass is 10.2. The first-order valence-corrected chi connectivity index (χ1v) is 7.21. The molecule has 8 heteroatoms. The van der Waals surface area contributed by atoms with E-state index in [-0.39, 0.29) is 10.7 Å².